The van der Waals surface area contributed by atoms with Crippen LogP contribution in [-0.2, 0) is 5.41 Å². The number of rotatable bonds is 3. The van der Waals surface area contributed by atoms with Gasteiger partial charge in [-0.15, -0.1) is 0 Å². The number of benzene rings is 3. The molecule has 0 aliphatic carbocycles. The summed E-state index contributed by atoms with van der Waals surface area (Å²) in [6.07, 6.45) is 0. The summed E-state index contributed by atoms with van der Waals surface area (Å²) >= 11 is 0. The molecule has 0 saturated heterocycles. The maximum absolute atomic E-state index is 4.58. The molecule has 0 bridgehead atoms. The largest absolute Gasteiger partial charge is 1.00 e. The summed E-state index contributed by atoms with van der Waals surface area (Å²) < 4.78 is 0. The first kappa shape index (κ1) is 15.6. The van der Waals surface area contributed by atoms with Crippen molar-refractivity contribution in [3.05, 3.63) is 115 Å². The van der Waals surface area contributed by atoms with Crippen LogP contribution in [0.25, 0.3) is 0 Å². The van der Waals surface area contributed by atoms with Crippen LogP contribution in [0.2, 0.25) is 0 Å². The van der Waals surface area contributed by atoms with E-state index in [-0.39, 0.29) is 24.3 Å². The molecule has 0 atom stereocenters. The van der Waals surface area contributed by atoms with Crippen molar-refractivity contribution in [2.45, 2.75) is 5.41 Å². The fraction of sp³-hybridized carbons (Fsp3) is 0.0500. The van der Waals surface area contributed by atoms with Crippen molar-refractivity contribution in [3.63, 3.8) is 0 Å². The fourth-order valence-electron chi connectivity index (χ4n) is 2.67. The zero-order chi connectivity index (χ0) is 13.8. The molecule has 0 amide bonds. The third-order valence-corrected chi connectivity index (χ3v) is 3.80. The first-order valence-corrected chi connectivity index (χ1v) is 6.84. The van der Waals surface area contributed by atoms with Crippen LogP contribution in [0.4, 0.5) is 0 Å². The molecule has 3 aromatic carbocycles. The third kappa shape index (κ3) is 2.98. The quantitative estimate of drug-likeness (QED) is 0.385. The van der Waals surface area contributed by atoms with Gasteiger partial charge in [-0.05, 0) is 0 Å². The van der Waals surface area contributed by atoms with Crippen LogP contribution in [0.1, 0.15) is 16.7 Å². The van der Waals surface area contributed by atoms with Gasteiger partial charge in [-0.3, -0.25) is 0 Å². The summed E-state index contributed by atoms with van der Waals surface area (Å²) in [6.45, 7) is 4.58. The van der Waals surface area contributed by atoms with Gasteiger partial charge >= 0.3 is 18.9 Å². The molecule has 3 rings (SSSR count). The minimum atomic E-state index is -0.371. The molecule has 1 heteroatoms. The fourth-order valence-corrected chi connectivity index (χ4v) is 2.67. The molecule has 0 nitrogen and oxygen atoms in total. The molecule has 0 aliphatic heterocycles. The molecule has 0 aliphatic rings. The van der Waals surface area contributed by atoms with Gasteiger partial charge < -0.3 is 6.92 Å². The monoisotopic (exact) mass is 264 g/mol. The van der Waals surface area contributed by atoms with Crippen LogP contribution < -0.4 is 18.9 Å². The van der Waals surface area contributed by atoms with E-state index < -0.39 is 0 Å². The average molecular weight is 264 g/mol. The molecule has 0 aromatic heterocycles. The van der Waals surface area contributed by atoms with Crippen molar-refractivity contribution >= 4 is 0 Å². The second-order valence-corrected chi connectivity index (χ2v) is 5.00. The normalized spacial score (nSPS) is 10.7. The van der Waals surface area contributed by atoms with Crippen LogP contribution in [0.5, 0.6) is 0 Å². The van der Waals surface area contributed by atoms with Gasteiger partial charge in [-0.25, -0.2) is 0 Å². The van der Waals surface area contributed by atoms with Gasteiger partial charge in [0.25, 0.3) is 0 Å². The van der Waals surface area contributed by atoms with E-state index in [2.05, 4.69) is 79.7 Å². The molecule has 0 fully saturated rings. The van der Waals surface area contributed by atoms with Gasteiger partial charge in [0.1, 0.15) is 0 Å². The van der Waals surface area contributed by atoms with Crippen LogP contribution >= 0.6 is 0 Å². The zero-order valence-corrected chi connectivity index (χ0v) is 12.4. The minimum Gasteiger partial charge on any atom is -0.324 e. The van der Waals surface area contributed by atoms with Crippen molar-refractivity contribution in [3.8, 4) is 0 Å². The van der Waals surface area contributed by atoms with Gasteiger partial charge in [0, 0.05) is 0 Å². The maximum Gasteiger partial charge on any atom is 1.00 e. The Balaban J connectivity index is 0.00000161. The molecular weight excluding hydrogens is 247 g/mol. The van der Waals surface area contributed by atoms with E-state index in [4.69, 9.17) is 0 Å². The second kappa shape index (κ2) is 6.81. The summed E-state index contributed by atoms with van der Waals surface area (Å²) in [6, 6.07) is 31.4. The standard InChI is InChI=1S/C20H17.Li/c1-20(17-11-5-2-6-12-17,18-13-7-3-8-14-18)19-15-9-4-10-16-19;/h2-16H,1H2;/q-1;+1. The summed E-state index contributed by atoms with van der Waals surface area (Å²) in [7, 11) is 0. The van der Waals surface area contributed by atoms with E-state index in [1.165, 1.54) is 16.7 Å². The predicted molar refractivity (Wildman–Crippen MR) is 84.6 cm³/mol. The zero-order valence-electron chi connectivity index (χ0n) is 12.4. The molecule has 0 N–H and O–H groups in total. The Bertz CT molecular complexity index is 563. The van der Waals surface area contributed by atoms with Gasteiger partial charge in [-0.2, -0.15) is 0 Å². The smallest absolute Gasteiger partial charge is 0.324 e. The van der Waals surface area contributed by atoms with Crippen LogP contribution in [-0.4, -0.2) is 0 Å². The molecule has 0 heterocycles. The van der Waals surface area contributed by atoms with Crippen molar-refractivity contribution < 1.29 is 18.9 Å². The first-order chi connectivity index (χ1) is 9.82. The topological polar surface area (TPSA) is 0 Å². The average Bonchev–Trinajstić information content (AvgIpc) is 2.56. The summed E-state index contributed by atoms with van der Waals surface area (Å²) in [4.78, 5) is 0. The van der Waals surface area contributed by atoms with Crippen LogP contribution in [0, 0.1) is 6.92 Å². The van der Waals surface area contributed by atoms with Crippen molar-refractivity contribution in [2.75, 3.05) is 0 Å². The summed E-state index contributed by atoms with van der Waals surface area (Å²) in [5, 5.41) is 0. The van der Waals surface area contributed by atoms with Gasteiger partial charge in [-0.1, -0.05) is 113 Å². The van der Waals surface area contributed by atoms with E-state index in [0.29, 0.717) is 0 Å². The first-order valence-electron chi connectivity index (χ1n) is 6.84. The van der Waals surface area contributed by atoms with Crippen LogP contribution in [0.15, 0.2) is 91.0 Å². The Morgan fingerprint density at radius 2 is 0.714 bits per heavy atom. The van der Waals surface area contributed by atoms with Gasteiger partial charge in [0.2, 0.25) is 0 Å². The Hall–Kier alpha value is -1.74. The van der Waals surface area contributed by atoms with Crippen molar-refractivity contribution in [2.24, 2.45) is 0 Å². The third-order valence-electron chi connectivity index (χ3n) is 3.80. The van der Waals surface area contributed by atoms with Gasteiger partial charge in [0.05, 0.1) is 0 Å². The Morgan fingerprint density at radius 1 is 0.476 bits per heavy atom. The van der Waals surface area contributed by atoms with Crippen molar-refractivity contribution in [1.29, 1.82) is 0 Å². The van der Waals surface area contributed by atoms with E-state index >= 15 is 0 Å². The van der Waals surface area contributed by atoms with Crippen molar-refractivity contribution in [1.82, 2.24) is 0 Å². The molecule has 0 saturated carbocycles. The second-order valence-electron chi connectivity index (χ2n) is 5.00. The Morgan fingerprint density at radius 3 is 0.952 bits per heavy atom. The Kier molecular flexibility index (Phi) is 5.07. The SMILES string of the molecule is [CH2-]C(c1ccccc1)(c1ccccc1)c1ccccc1.[Li+]. The number of hydrogen-bond acceptors (Lipinski definition) is 0. The summed E-state index contributed by atoms with van der Waals surface area (Å²) in [5.74, 6) is 0. The van der Waals surface area contributed by atoms with E-state index in [1.54, 1.807) is 0 Å². The molecule has 0 spiro atoms. The van der Waals surface area contributed by atoms with E-state index in [9.17, 15) is 0 Å². The predicted octanol–water partition coefficient (Wildman–Crippen LogP) is 1.86. The molecule has 21 heavy (non-hydrogen) atoms. The van der Waals surface area contributed by atoms with E-state index in [1.807, 2.05) is 18.2 Å². The molecular formula is C20H17Li. The van der Waals surface area contributed by atoms with Crippen LogP contribution in [0.3, 0.4) is 0 Å². The minimum absolute atomic E-state index is 0. The molecule has 0 unspecified atom stereocenters. The molecule has 3 aromatic rings. The summed E-state index contributed by atoms with van der Waals surface area (Å²) in [5.41, 5.74) is 3.25. The Labute approximate surface area is 139 Å². The van der Waals surface area contributed by atoms with Gasteiger partial charge in [0.15, 0.2) is 0 Å². The maximum atomic E-state index is 4.58. The number of hydrogen-bond donors (Lipinski definition) is 0. The molecule has 98 valence electrons. The molecule has 0 radical (unpaired) electrons. The van der Waals surface area contributed by atoms with E-state index in [0.717, 1.165) is 0 Å².